The number of aliphatic carboxylic acids is 1. The van der Waals surface area contributed by atoms with Gasteiger partial charge in [-0.2, -0.15) is 0 Å². The predicted octanol–water partition coefficient (Wildman–Crippen LogP) is -1.15. The minimum Gasteiger partial charge on any atom is -1.00 e. The number of rotatable bonds is 4. The standard InChI is InChI=1S/C10H10O3.Na.H/c11-9(6-7-10(12)13)8-4-2-1-3-5-8;;/h1-5H,6-7H2,(H,12,13);;/q;+1;-1. The summed E-state index contributed by atoms with van der Waals surface area (Å²) in [5.74, 6) is -1.06. The van der Waals surface area contributed by atoms with Crippen molar-refractivity contribution in [3.63, 3.8) is 0 Å². The van der Waals surface area contributed by atoms with E-state index in [9.17, 15) is 9.59 Å². The molecule has 14 heavy (non-hydrogen) atoms. The molecule has 3 nitrogen and oxygen atoms in total. The van der Waals surface area contributed by atoms with Crippen LogP contribution in [0.15, 0.2) is 30.3 Å². The van der Waals surface area contributed by atoms with Crippen molar-refractivity contribution in [2.75, 3.05) is 0 Å². The zero-order chi connectivity index (χ0) is 9.68. The Morgan fingerprint density at radius 2 is 1.71 bits per heavy atom. The van der Waals surface area contributed by atoms with E-state index in [1.54, 1.807) is 24.3 Å². The van der Waals surface area contributed by atoms with Gasteiger partial charge in [-0.1, -0.05) is 30.3 Å². The minimum atomic E-state index is -0.940. The summed E-state index contributed by atoms with van der Waals surface area (Å²) in [5, 5.41) is 8.36. The van der Waals surface area contributed by atoms with Gasteiger partial charge in [0, 0.05) is 12.0 Å². The third kappa shape index (κ3) is 4.56. The summed E-state index contributed by atoms with van der Waals surface area (Å²) in [7, 11) is 0. The van der Waals surface area contributed by atoms with Crippen molar-refractivity contribution in [2.45, 2.75) is 12.8 Å². The zero-order valence-corrected chi connectivity index (χ0v) is 10.1. The van der Waals surface area contributed by atoms with Gasteiger partial charge in [-0.15, -0.1) is 0 Å². The number of benzene rings is 1. The van der Waals surface area contributed by atoms with Gasteiger partial charge in [0.15, 0.2) is 5.78 Å². The molecule has 0 atom stereocenters. The van der Waals surface area contributed by atoms with Crippen LogP contribution in [0.3, 0.4) is 0 Å². The molecule has 1 rings (SSSR count). The van der Waals surface area contributed by atoms with Crippen LogP contribution < -0.4 is 29.6 Å². The fraction of sp³-hybridized carbons (Fsp3) is 0.200. The van der Waals surface area contributed by atoms with Crippen LogP contribution in [0.4, 0.5) is 0 Å². The minimum absolute atomic E-state index is 0. The van der Waals surface area contributed by atoms with E-state index in [4.69, 9.17) is 5.11 Å². The molecule has 0 amide bonds. The van der Waals surface area contributed by atoms with E-state index in [0.717, 1.165) is 0 Å². The van der Waals surface area contributed by atoms with Crippen LogP contribution in [0.5, 0.6) is 0 Å². The van der Waals surface area contributed by atoms with E-state index in [1.165, 1.54) is 0 Å². The van der Waals surface area contributed by atoms with Crippen LogP contribution in [-0.2, 0) is 4.79 Å². The predicted molar refractivity (Wildman–Crippen MR) is 48.8 cm³/mol. The van der Waals surface area contributed by atoms with Crippen molar-refractivity contribution in [3.05, 3.63) is 35.9 Å². The van der Waals surface area contributed by atoms with Gasteiger partial charge in [-0.3, -0.25) is 9.59 Å². The normalized spacial score (nSPS) is 8.86. The van der Waals surface area contributed by atoms with Gasteiger partial charge in [-0.05, 0) is 0 Å². The molecule has 0 aliphatic carbocycles. The molecule has 0 radical (unpaired) electrons. The van der Waals surface area contributed by atoms with Crippen molar-refractivity contribution in [1.29, 1.82) is 0 Å². The number of carboxylic acid groups (broad SMARTS) is 1. The van der Waals surface area contributed by atoms with Gasteiger partial charge in [0.2, 0.25) is 0 Å². The van der Waals surface area contributed by atoms with Crippen molar-refractivity contribution >= 4 is 11.8 Å². The number of carbonyl (C=O) groups excluding carboxylic acids is 1. The number of ketones is 1. The Labute approximate surface area is 106 Å². The Kier molecular flexibility index (Phi) is 6.45. The Bertz CT molecular complexity index is 314. The van der Waals surface area contributed by atoms with Crippen LogP contribution in [0.1, 0.15) is 24.6 Å². The summed E-state index contributed by atoms with van der Waals surface area (Å²) in [4.78, 5) is 21.5. The second-order valence-corrected chi connectivity index (χ2v) is 2.68. The SMILES string of the molecule is O=C(O)CCC(=O)c1ccccc1.[H-].[Na+]. The number of hydrogen-bond acceptors (Lipinski definition) is 2. The van der Waals surface area contributed by atoms with Crippen molar-refractivity contribution in [2.24, 2.45) is 0 Å². The average Bonchev–Trinajstić information content (AvgIpc) is 2.15. The topological polar surface area (TPSA) is 54.4 Å². The number of hydrogen-bond donors (Lipinski definition) is 1. The Hall–Kier alpha value is -0.640. The average molecular weight is 202 g/mol. The largest absolute Gasteiger partial charge is 1.00 e. The summed E-state index contributed by atoms with van der Waals surface area (Å²) < 4.78 is 0. The van der Waals surface area contributed by atoms with E-state index in [2.05, 4.69) is 0 Å². The van der Waals surface area contributed by atoms with Gasteiger partial charge in [0.05, 0.1) is 6.42 Å². The van der Waals surface area contributed by atoms with Gasteiger partial charge < -0.3 is 6.53 Å². The summed E-state index contributed by atoms with van der Waals surface area (Å²) in [5.41, 5.74) is 0.573. The van der Waals surface area contributed by atoms with Crippen LogP contribution in [0.2, 0.25) is 0 Å². The second kappa shape index (κ2) is 6.76. The first kappa shape index (κ1) is 13.4. The molecule has 0 heterocycles. The quantitative estimate of drug-likeness (QED) is 0.495. The fourth-order valence-corrected chi connectivity index (χ4v) is 0.989. The monoisotopic (exact) mass is 202 g/mol. The summed E-state index contributed by atoms with van der Waals surface area (Å²) in [6, 6.07) is 8.70. The molecular formula is C10H11NaO3. The van der Waals surface area contributed by atoms with Crippen LogP contribution in [0, 0.1) is 0 Å². The molecule has 0 fully saturated rings. The molecule has 1 aromatic rings. The molecule has 0 aliphatic heterocycles. The van der Waals surface area contributed by atoms with E-state index in [0.29, 0.717) is 5.56 Å². The molecule has 70 valence electrons. The summed E-state index contributed by atoms with van der Waals surface area (Å²) >= 11 is 0. The van der Waals surface area contributed by atoms with Gasteiger partial charge >= 0.3 is 35.5 Å². The van der Waals surface area contributed by atoms with E-state index in [1.807, 2.05) is 6.07 Å². The maximum absolute atomic E-state index is 11.3. The Balaban J connectivity index is 0. The summed E-state index contributed by atoms with van der Waals surface area (Å²) in [6.45, 7) is 0. The first-order valence-electron chi connectivity index (χ1n) is 4.00. The molecule has 0 spiro atoms. The smallest absolute Gasteiger partial charge is 1.00 e. The Morgan fingerprint density at radius 1 is 1.14 bits per heavy atom. The van der Waals surface area contributed by atoms with Crippen molar-refractivity contribution in [3.8, 4) is 0 Å². The first-order valence-corrected chi connectivity index (χ1v) is 4.00. The van der Waals surface area contributed by atoms with Crippen molar-refractivity contribution < 1.29 is 45.7 Å². The van der Waals surface area contributed by atoms with Gasteiger partial charge in [0.1, 0.15) is 0 Å². The zero-order valence-electron chi connectivity index (χ0n) is 9.06. The Morgan fingerprint density at radius 3 is 2.21 bits per heavy atom. The third-order valence-electron chi connectivity index (χ3n) is 1.66. The maximum atomic E-state index is 11.3. The number of Topliss-reactive ketones (excluding diaryl/α,β-unsaturated/α-hetero) is 1. The van der Waals surface area contributed by atoms with Crippen LogP contribution >= 0.6 is 0 Å². The molecule has 1 N–H and O–H groups in total. The molecule has 0 unspecified atom stereocenters. The van der Waals surface area contributed by atoms with Crippen LogP contribution in [0.25, 0.3) is 0 Å². The number of carboxylic acids is 1. The molecule has 0 bridgehead atoms. The molecular weight excluding hydrogens is 191 g/mol. The molecule has 4 heteroatoms. The second-order valence-electron chi connectivity index (χ2n) is 2.68. The summed E-state index contributed by atoms with van der Waals surface area (Å²) in [6.07, 6.45) is -0.0346. The third-order valence-corrected chi connectivity index (χ3v) is 1.66. The molecule has 1 aromatic carbocycles. The van der Waals surface area contributed by atoms with Gasteiger partial charge in [0.25, 0.3) is 0 Å². The fourth-order valence-electron chi connectivity index (χ4n) is 0.989. The maximum Gasteiger partial charge on any atom is 1.00 e. The van der Waals surface area contributed by atoms with Crippen molar-refractivity contribution in [1.82, 2.24) is 0 Å². The molecule has 0 saturated heterocycles. The molecule has 0 saturated carbocycles. The van der Waals surface area contributed by atoms with E-state index in [-0.39, 0.29) is 49.6 Å². The molecule has 0 aliphatic rings. The number of carbonyl (C=O) groups is 2. The van der Waals surface area contributed by atoms with E-state index >= 15 is 0 Å². The molecule has 0 aromatic heterocycles. The first-order chi connectivity index (χ1) is 6.20. The van der Waals surface area contributed by atoms with E-state index < -0.39 is 5.97 Å². The van der Waals surface area contributed by atoms with Crippen LogP contribution in [-0.4, -0.2) is 16.9 Å². The van der Waals surface area contributed by atoms with Gasteiger partial charge in [-0.25, -0.2) is 0 Å².